The van der Waals surface area contributed by atoms with Crippen LogP contribution in [0.2, 0.25) is 0 Å². The first kappa shape index (κ1) is 14.7. The van der Waals surface area contributed by atoms with Gasteiger partial charge in [0.05, 0.1) is 6.10 Å². The molecule has 0 aromatic carbocycles. The van der Waals surface area contributed by atoms with Crippen LogP contribution in [-0.4, -0.2) is 41.8 Å². The first-order valence-corrected chi connectivity index (χ1v) is 6.44. The van der Waals surface area contributed by atoms with Crippen molar-refractivity contribution in [3.8, 4) is 0 Å². The summed E-state index contributed by atoms with van der Waals surface area (Å²) in [6.07, 6.45) is 1.51. The van der Waals surface area contributed by atoms with Crippen LogP contribution < -0.4 is 10.2 Å². The first-order chi connectivity index (χ1) is 8.49. The number of aliphatic hydroxyl groups is 1. The molecule has 0 aliphatic rings. The molecule has 5 nitrogen and oxygen atoms in total. The summed E-state index contributed by atoms with van der Waals surface area (Å²) in [4.78, 5) is 11.1. The number of aromatic nitrogens is 2. The molecule has 5 heteroatoms. The number of anilines is 2. The number of hydrogen-bond acceptors (Lipinski definition) is 5. The van der Waals surface area contributed by atoms with Crippen molar-refractivity contribution in [1.82, 2.24) is 9.97 Å². The van der Waals surface area contributed by atoms with Crippen LogP contribution in [0, 0.1) is 6.92 Å². The molecule has 18 heavy (non-hydrogen) atoms. The van der Waals surface area contributed by atoms with Crippen LogP contribution in [0.3, 0.4) is 0 Å². The van der Waals surface area contributed by atoms with E-state index in [4.69, 9.17) is 0 Å². The van der Waals surface area contributed by atoms with Crippen molar-refractivity contribution in [2.75, 3.05) is 30.9 Å². The Labute approximate surface area is 109 Å². The molecule has 0 saturated heterocycles. The van der Waals surface area contributed by atoms with Crippen molar-refractivity contribution < 1.29 is 5.11 Å². The van der Waals surface area contributed by atoms with E-state index in [1.54, 1.807) is 6.92 Å². The lowest BCUT2D eigenvalue weighted by Gasteiger charge is -2.23. The molecular formula is C13H24N4O. The average molecular weight is 252 g/mol. The fraction of sp³-hybridized carbons (Fsp3) is 0.692. The van der Waals surface area contributed by atoms with Crippen LogP contribution in [-0.2, 0) is 6.42 Å². The minimum Gasteiger partial charge on any atom is -0.392 e. The number of rotatable bonds is 6. The minimum absolute atomic E-state index is 0.378. The molecular weight excluding hydrogens is 228 g/mol. The van der Waals surface area contributed by atoms with E-state index in [1.165, 1.54) is 0 Å². The zero-order valence-corrected chi connectivity index (χ0v) is 12.0. The molecule has 1 rings (SSSR count). The summed E-state index contributed by atoms with van der Waals surface area (Å²) >= 11 is 0. The number of hydrogen-bond donors (Lipinski definition) is 2. The van der Waals surface area contributed by atoms with Crippen molar-refractivity contribution in [2.45, 2.75) is 39.7 Å². The molecule has 0 saturated carbocycles. The third kappa shape index (κ3) is 3.57. The highest BCUT2D eigenvalue weighted by atomic mass is 16.3. The molecule has 0 aliphatic carbocycles. The number of nitrogens with one attached hydrogen (secondary N) is 1. The Morgan fingerprint density at radius 3 is 2.56 bits per heavy atom. The van der Waals surface area contributed by atoms with Gasteiger partial charge < -0.3 is 15.3 Å². The van der Waals surface area contributed by atoms with E-state index in [0.29, 0.717) is 6.54 Å². The molecule has 0 radical (unpaired) electrons. The maximum Gasteiger partial charge on any atom is 0.137 e. The zero-order chi connectivity index (χ0) is 13.7. The topological polar surface area (TPSA) is 61.3 Å². The third-order valence-electron chi connectivity index (χ3n) is 2.78. The smallest absolute Gasteiger partial charge is 0.137 e. The van der Waals surface area contributed by atoms with Gasteiger partial charge in [-0.05, 0) is 20.3 Å². The molecule has 0 spiro atoms. The lowest BCUT2D eigenvalue weighted by molar-refractivity contribution is 0.201. The fourth-order valence-electron chi connectivity index (χ4n) is 1.98. The summed E-state index contributed by atoms with van der Waals surface area (Å²) in [5, 5.41) is 12.6. The van der Waals surface area contributed by atoms with E-state index >= 15 is 0 Å². The van der Waals surface area contributed by atoms with Gasteiger partial charge in [-0.25, -0.2) is 9.97 Å². The van der Waals surface area contributed by atoms with Gasteiger partial charge in [0.25, 0.3) is 0 Å². The van der Waals surface area contributed by atoms with Crippen LogP contribution in [0.25, 0.3) is 0 Å². The van der Waals surface area contributed by atoms with Crippen molar-refractivity contribution >= 4 is 11.6 Å². The highest BCUT2D eigenvalue weighted by Gasteiger charge is 2.14. The van der Waals surface area contributed by atoms with Gasteiger partial charge in [0.1, 0.15) is 17.5 Å². The van der Waals surface area contributed by atoms with Crippen molar-refractivity contribution in [2.24, 2.45) is 0 Å². The SMILES string of the molecule is CCCc1nc(NC)c(C)c(N(C)CC(C)O)n1. The second-order valence-corrected chi connectivity index (χ2v) is 4.67. The zero-order valence-electron chi connectivity index (χ0n) is 12.0. The van der Waals surface area contributed by atoms with Crippen LogP contribution in [0.15, 0.2) is 0 Å². The largest absolute Gasteiger partial charge is 0.392 e. The summed E-state index contributed by atoms with van der Waals surface area (Å²) in [6, 6.07) is 0. The third-order valence-corrected chi connectivity index (χ3v) is 2.78. The van der Waals surface area contributed by atoms with E-state index in [-0.39, 0.29) is 6.10 Å². The Bertz CT molecular complexity index is 393. The van der Waals surface area contributed by atoms with E-state index in [0.717, 1.165) is 35.9 Å². The van der Waals surface area contributed by atoms with Crippen LogP contribution >= 0.6 is 0 Å². The molecule has 0 aliphatic heterocycles. The highest BCUT2D eigenvalue weighted by molar-refractivity contribution is 5.58. The molecule has 1 aromatic heterocycles. The van der Waals surface area contributed by atoms with Gasteiger partial charge in [-0.2, -0.15) is 0 Å². The summed E-state index contributed by atoms with van der Waals surface area (Å²) < 4.78 is 0. The minimum atomic E-state index is -0.378. The predicted octanol–water partition coefficient (Wildman–Crippen LogP) is 1.60. The number of aliphatic hydroxyl groups excluding tert-OH is 1. The molecule has 0 amide bonds. The number of likely N-dealkylation sites (N-methyl/N-ethyl adjacent to an activating group) is 1. The monoisotopic (exact) mass is 252 g/mol. The van der Waals surface area contributed by atoms with Crippen LogP contribution in [0.5, 0.6) is 0 Å². The standard InChI is InChI=1S/C13H24N4O/c1-6-7-11-15-12(14-4)10(3)13(16-11)17(5)8-9(2)18/h9,18H,6-8H2,1-5H3,(H,14,15,16). The Kier molecular flexibility index (Phi) is 5.34. The molecule has 0 fully saturated rings. The maximum atomic E-state index is 9.47. The van der Waals surface area contributed by atoms with Gasteiger partial charge in [0.15, 0.2) is 0 Å². The van der Waals surface area contributed by atoms with Crippen molar-refractivity contribution in [1.29, 1.82) is 0 Å². The molecule has 2 N–H and O–H groups in total. The Morgan fingerprint density at radius 1 is 1.39 bits per heavy atom. The van der Waals surface area contributed by atoms with E-state index in [2.05, 4.69) is 22.2 Å². The van der Waals surface area contributed by atoms with E-state index in [1.807, 2.05) is 25.9 Å². The number of nitrogens with zero attached hydrogens (tertiary/aromatic N) is 3. The first-order valence-electron chi connectivity index (χ1n) is 6.44. The van der Waals surface area contributed by atoms with E-state index in [9.17, 15) is 5.11 Å². The lowest BCUT2D eigenvalue weighted by atomic mass is 10.2. The van der Waals surface area contributed by atoms with Gasteiger partial charge in [-0.1, -0.05) is 6.92 Å². The molecule has 1 atom stereocenters. The summed E-state index contributed by atoms with van der Waals surface area (Å²) in [5.41, 5.74) is 1.01. The predicted molar refractivity (Wildman–Crippen MR) is 75.3 cm³/mol. The van der Waals surface area contributed by atoms with Gasteiger partial charge in [0, 0.05) is 32.6 Å². The van der Waals surface area contributed by atoms with Gasteiger partial charge in [-0.15, -0.1) is 0 Å². The molecule has 1 aromatic rings. The van der Waals surface area contributed by atoms with Crippen molar-refractivity contribution in [3.63, 3.8) is 0 Å². The van der Waals surface area contributed by atoms with Crippen LogP contribution in [0.1, 0.15) is 31.7 Å². The molecule has 0 bridgehead atoms. The molecule has 102 valence electrons. The summed E-state index contributed by atoms with van der Waals surface area (Å²) in [6.45, 7) is 6.45. The maximum absolute atomic E-state index is 9.47. The summed E-state index contributed by atoms with van der Waals surface area (Å²) in [7, 11) is 3.81. The van der Waals surface area contributed by atoms with Crippen LogP contribution in [0.4, 0.5) is 11.6 Å². The second kappa shape index (κ2) is 6.54. The average Bonchev–Trinajstić information content (AvgIpc) is 2.30. The lowest BCUT2D eigenvalue weighted by Crippen LogP contribution is -2.29. The number of aryl methyl sites for hydroxylation is 1. The normalized spacial score (nSPS) is 12.3. The van der Waals surface area contributed by atoms with Crippen molar-refractivity contribution in [3.05, 3.63) is 11.4 Å². The molecule has 1 heterocycles. The van der Waals surface area contributed by atoms with Gasteiger partial charge >= 0.3 is 0 Å². The van der Waals surface area contributed by atoms with Gasteiger partial charge in [-0.3, -0.25) is 0 Å². The Balaban J connectivity index is 3.11. The molecule has 1 unspecified atom stereocenters. The van der Waals surface area contributed by atoms with E-state index < -0.39 is 0 Å². The van der Waals surface area contributed by atoms with Gasteiger partial charge in [0.2, 0.25) is 0 Å². The Morgan fingerprint density at radius 2 is 2.06 bits per heavy atom. The summed E-state index contributed by atoms with van der Waals surface area (Å²) in [5.74, 6) is 2.60. The quantitative estimate of drug-likeness (QED) is 0.805. The highest BCUT2D eigenvalue weighted by Crippen LogP contribution is 2.23. The second-order valence-electron chi connectivity index (χ2n) is 4.67. The Hall–Kier alpha value is -1.36. The fourth-order valence-corrected chi connectivity index (χ4v) is 1.98.